The van der Waals surface area contributed by atoms with E-state index < -0.39 is 6.04 Å². The van der Waals surface area contributed by atoms with Crippen molar-refractivity contribution in [2.75, 3.05) is 24.7 Å². The smallest absolute Gasteiger partial charge is 0.242 e. The lowest BCUT2D eigenvalue weighted by molar-refractivity contribution is -0.121. The number of aromatic nitrogens is 1. The van der Waals surface area contributed by atoms with E-state index in [-0.39, 0.29) is 5.91 Å². The lowest BCUT2D eigenvalue weighted by Gasteiger charge is -2.33. The van der Waals surface area contributed by atoms with Crippen LogP contribution >= 0.6 is 27.3 Å². The number of halogens is 1. The van der Waals surface area contributed by atoms with Crippen LogP contribution in [0.2, 0.25) is 0 Å². The van der Waals surface area contributed by atoms with Crippen LogP contribution in [0.5, 0.6) is 0 Å². The number of ether oxygens (including phenoxy) is 1. The lowest BCUT2D eigenvalue weighted by atomic mass is 10.2. The van der Waals surface area contributed by atoms with Crippen molar-refractivity contribution >= 4 is 38.3 Å². The molecule has 1 aliphatic heterocycles. The number of nitrogens with zero attached hydrogens (tertiary/aromatic N) is 2. The maximum absolute atomic E-state index is 11.2. The molecular weight excluding hydrogens is 282 g/mol. The van der Waals surface area contributed by atoms with E-state index in [2.05, 4.69) is 20.9 Å². The summed E-state index contributed by atoms with van der Waals surface area (Å²) in [5, 5.41) is 2.68. The molecule has 82 valence electrons. The van der Waals surface area contributed by atoms with E-state index in [0.29, 0.717) is 19.8 Å². The third-order valence-electron chi connectivity index (χ3n) is 2.17. The van der Waals surface area contributed by atoms with E-state index in [0.717, 1.165) is 9.73 Å². The van der Waals surface area contributed by atoms with Gasteiger partial charge in [0.05, 0.1) is 13.2 Å². The summed E-state index contributed by atoms with van der Waals surface area (Å²) in [4.78, 5) is 17.4. The topological polar surface area (TPSA) is 68.5 Å². The van der Waals surface area contributed by atoms with Crippen LogP contribution in [-0.4, -0.2) is 36.7 Å². The number of anilines is 1. The van der Waals surface area contributed by atoms with Crippen LogP contribution in [-0.2, 0) is 9.53 Å². The number of carbonyl (C=O) groups excluding carboxylic acids is 1. The SMILES string of the molecule is NC(=O)C1COCCN1c1nc(Br)cs1. The Labute approximate surface area is 99.4 Å². The first-order valence-corrected chi connectivity index (χ1v) is 6.10. The predicted octanol–water partition coefficient (Wildman–Crippen LogP) is 0.596. The second kappa shape index (κ2) is 4.46. The van der Waals surface area contributed by atoms with Crippen LogP contribution in [0.4, 0.5) is 5.13 Å². The van der Waals surface area contributed by atoms with Crippen LogP contribution in [0.3, 0.4) is 0 Å². The number of hydrogen-bond acceptors (Lipinski definition) is 5. The molecule has 1 unspecified atom stereocenters. The maximum atomic E-state index is 11.2. The molecule has 0 radical (unpaired) electrons. The molecule has 2 heterocycles. The Morgan fingerprint density at radius 3 is 3.20 bits per heavy atom. The number of amides is 1. The fourth-order valence-corrected chi connectivity index (χ4v) is 2.77. The van der Waals surface area contributed by atoms with Gasteiger partial charge in [0.25, 0.3) is 0 Å². The van der Waals surface area contributed by atoms with Gasteiger partial charge >= 0.3 is 0 Å². The monoisotopic (exact) mass is 291 g/mol. The summed E-state index contributed by atoms with van der Waals surface area (Å²) in [5.74, 6) is -0.374. The Hall–Kier alpha value is -0.660. The molecule has 1 aromatic rings. The van der Waals surface area contributed by atoms with Crippen molar-refractivity contribution in [2.24, 2.45) is 5.73 Å². The molecule has 0 spiro atoms. The molecule has 0 aliphatic carbocycles. The standard InChI is InChI=1S/C8H10BrN3O2S/c9-6-4-15-8(11-6)12-1-2-14-3-5(12)7(10)13/h4-5H,1-3H2,(H2,10,13). The van der Waals surface area contributed by atoms with Crippen molar-refractivity contribution in [1.29, 1.82) is 0 Å². The number of hydrogen-bond donors (Lipinski definition) is 1. The fraction of sp³-hybridized carbons (Fsp3) is 0.500. The molecule has 1 atom stereocenters. The van der Waals surface area contributed by atoms with Crippen molar-refractivity contribution in [3.63, 3.8) is 0 Å². The average Bonchev–Trinajstić information content (AvgIpc) is 2.65. The summed E-state index contributed by atoms with van der Waals surface area (Å²) in [6.07, 6.45) is 0. The predicted molar refractivity (Wildman–Crippen MR) is 61.0 cm³/mol. The van der Waals surface area contributed by atoms with E-state index >= 15 is 0 Å². The Balaban J connectivity index is 2.21. The normalized spacial score (nSPS) is 21.7. The summed E-state index contributed by atoms with van der Waals surface area (Å²) in [6, 6.07) is -0.406. The Morgan fingerprint density at radius 1 is 1.80 bits per heavy atom. The average molecular weight is 292 g/mol. The van der Waals surface area contributed by atoms with Gasteiger partial charge in [0.15, 0.2) is 5.13 Å². The first kappa shape index (κ1) is 10.8. The minimum atomic E-state index is -0.406. The van der Waals surface area contributed by atoms with Crippen molar-refractivity contribution in [2.45, 2.75) is 6.04 Å². The van der Waals surface area contributed by atoms with E-state index in [1.165, 1.54) is 11.3 Å². The molecule has 1 fully saturated rings. The second-order valence-corrected chi connectivity index (χ2v) is 4.79. The molecule has 1 amide bonds. The zero-order valence-electron chi connectivity index (χ0n) is 7.85. The molecule has 7 heteroatoms. The third-order valence-corrected chi connectivity index (χ3v) is 3.75. The van der Waals surface area contributed by atoms with Gasteiger partial charge in [0.2, 0.25) is 5.91 Å². The van der Waals surface area contributed by atoms with E-state index in [1.807, 2.05) is 10.3 Å². The number of primary amides is 1. The van der Waals surface area contributed by atoms with E-state index in [9.17, 15) is 4.79 Å². The summed E-state index contributed by atoms with van der Waals surface area (Å²) < 4.78 is 6.00. The highest BCUT2D eigenvalue weighted by Gasteiger charge is 2.29. The molecule has 1 aromatic heterocycles. The van der Waals surface area contributed by atoms with Gasteiger partial charge in [-0.3, -0.25) is 4.79 Å². The van der Waals surface area contributed by atoms with Gasteiger partial charge in [-0.25, -0.2) is 4.98 Å². The van der Waals surface area contributed by atoms with Crippen molar-refractivity contribution < 1.29 is 9.53 Å². The number of morpholine rings is 1. The van der Waals surface area contributed by atoms with Crippen LogP contribution in [0.1, 0.15) is 0 Å². The van der Waals surface area contributed by atoms with Crippen molar-refractivity contribution in [3.8, 4) is 0 Å². The number of carbonyl (C=O) groups is 1. The molecule has 1 saturated heterocycles. The van der Waals surface area contributed by atoms with Gasteiger partial charge in [-0.1, -0.05) is 0 Å². The van der Waals surface area contributed by atoms with E-state index in [1.54, 1.807) is 0 Å². The van der Waals surface area contributed by atoms with Gasteiger partial charge in [0, 0.05) is 11.9 Å². The van der Waals surface area contributed by atoms with Crippen molar-refractivity contribution in [1.82, 2.24) is 4.98 Å². The van der Waals surface area contributed by atoms with Gasteiger partial charge in [-0.15, -0.1) is 11.3 Å². The quantitative estimate of drug-likeness (QED) is 0.866. The maximum Gasteiger partial charge on any atom is 0.242 e. The van der Waals surface area contributed by atoms with Crippen LogP contribution in [0.25, 0.3) is 0 Å². The minimum absolute atomic E-state index is 0.340. The number of rotatable bonds is 2. The molecule has 0 aromatic carbocycles. The number of nitrogens with two attached hydrogens (primary N) is 1. The summed E-state index contributed by atoms with van der Waals surface area (Å²) >= 11 is 4.76. The summed E-state index contributed by atoms with van der Waals surface area (Å²) in [5.41, 5.74) is 5.31. The zero-order chi connectivity index (χ0) is 10.8. The Bertz CT molecular complexity index is 371. The molecule has 0 bridgehead atoms. The third kappa shape index (κ3) is 2.30. The van der Waals surface area contributed by atoms with Crippen LogP contribution in [0.15, 0.2) is 9.98 Å². The molecule has 1 aliphatic rings. The first-order valence-electron chi connectivity index (χ1n) is 4.43. The first-order chi connectivity index (χ1) is 7.18. The van der Waals surface area contributed by atoms with Crippen molar-refractivity contribution in [3.05, 3.63) is 9.98 Å². The Kier molecular flexibility index (Phi) is 3.22. The Morgan fingerprint density at radius 2 is 2.60 bits per heavy atom. The van der Waals surface area contributed by atoms with Crippen LogP contribution in [0, 0.1) is 0 Å². The van der Waals surface area contributed by atoms with Gasteiger partial charge in [-0.2, -0.15) is 0 Å². The van der Waals surface area contributed by atoms with Crippen LogP contribution < -0.4 is 10.6 Å². The number of thiazole rings is 1. The fourth-order valence-electron chi connectivity index (χ4n) is 1.45. The zero-order valence-corrected chi connectivity index (χ0v) is 10.3. The molecule has 2 rings (SSSR count). The largest absolute Gasteiger partial charge is 0.377 e. The molecule has 5 nitrogen and oxygen atoms in total. The molecule has 2 N–H and O–H groups in total. The summed E-state index contributed by atoms with van der Waals surface area (Å²) in [6.45, 7) is 1.58. The van der Waals surface area contributed by atoms with Gasteiger partial charge < -0.3 is 15.4 Å². The van der Waals surface area contributed by atoms with E-state index in [4.69, 9.17) is 10.5 Å². The minimum Gasteiger partial charge on any atom is -0.377 e. The highest BCUT2D eigenvalue weighted by atomic mass is 79.9. The summed E-state index contributed by atoms with van der Waals surface area (Å²) in [7, 11) is 0. The highest BCUT2D eigenvalue weighted by molar-refractivity contribution is 9.10. The molecule has 15 heavy (non-hydrogen) atoms. The lowest BCUT2D eigenvalue weighted by Crippen LogP contribution is -2.52. The van der Waals surface area contributed by atoms with Gasteiger partial charge in [-0.05, 0) is 15.9 Å². The highest BCUT2D eigenvalue weighted by Crippen LogP contribution is 2.26. The second-order valence-electron chi connectivity index (χ2n) is 3.14. The molecule has 0 saturated carbocycles. The molecular formula is C8H10BrN3O2S. The van der Waals surface area contributed by atoms with Gasteiger partial charge in [0.1, 0.15) is 10.6 Å².